The van der Waals surface area contributed by atoms with Gasteiger partial charge in [-0.2, -0.15) is 0 Å². The molecule has 7 nitrogen and oxygen atoms in total. The molecule has 0 spiro atoms. The van der Waals surface area contributed by atoms with Crippen LogP contribution in [0.2, 0.25) is 0 Å². The molecule has 31 heavy (non-hydrogen) atoms. The number of nitrogens with zero attached hydrogens (tertiary/aromatic N) is 4. The normalized spacial score (nSPS) is 14.7. The number of methoxy groups -OCH3 is 1. The molecule has 0 bridgehead atoms. The maximum Gasteiger partial charge on any atom is 0.176 e. The van der Waals surface area contributed by atoms with Gasteiger partial charge in [0.2, 0.25) is 0 Å². The van der Waals surface area contributed by atoms with Gasteiger partial charge in [0.1, 0.15) is 11.3 Å². The summed E-state index contributed by atoms with van der Waals surface area (Å²) >= 11 is 0. The summed E-state index contributed by atoms with van der Waals surface area (Å²) in [5.74, 6) is 2.57. The van der Waals surface area contributed by atoms with Crippen molar-refractivity contribution in [3.8, 4) is 11.5 Å². The topological polar surface area (TPSA) is 77.3 Å². The molecule has 0 aliphatic heterocycles. The second-order valence-corrected chi connectivity index (χ2v) is 7.81. The van der Waals surface area contributed by atoms with E-state index in [1.807, 2.05) is 19.3 Å². The summed E-state index contributed by atoms with van der Waals surface area (Å²) < 4.78 is 13.9. The van der Waals surface area contributed by atoms with E-state index in [9.17, 15) is 0 Å². The SMILES string of the molecule is CCCc1nc2c([nH]1)c(=NCC)ncn2Cc1ccc(OC)c(OC2CCCC2)c1.Cl. The van der Waals surface area contributed by atoms with Crippen LogP contribution in [0.4, 0.5) is 0 Å². The molecule has 0 saturated heterocycles. The third-order valence-electron chi connectivity index (χ3n) is 5.52. The highest BCUT2D eigenvalue weighted by Gasteiger charge is 2.19. The predicted octanol–water partition coefficient (Wildman–Crippen LogP) is 4.43. The van der Waals surface area contributed by atoms with Crippen molar-refractivity contribution in [3.63, 3.8) is 0 Å². The highest BCUT2D eigenvalue weighted by molar-refractivity contribution is 5.85. The van der Waals surface area contributed by atoms with Crippen molar-refractivity contribution >= 4 is 23.6 Å². The average Bonchev–Trinajstić information content (AvgIpc) is 3.41. The largest absolute Gasteiger partial charge is 0.493 e. The molecule has 1 aliphatic carbocycles. The summed E-state index contributed by atoms with van der Waals surface area (Å²) in [5.41, 5.74) is 3.63. The molecule has 2 aromatic heterocycles. The number of aromatic nitrogens is 4. The number of benzene rings is 1. The number of aryl methyl sites for hydroxylation is 1. The van der Waals surface area contributed by atoms with Gasteiger partial charge in [-0.3, -0.25) is 4.99 Å². The first-order valence-corrected chi connectivity index (χ1v) is 11.0. The van der Waals surface area contributed by atoms with Gasteiger partial charge in [-0.05, 0) is 56.7 Å². The van der Waals surface area contributed by atoms with E-state index >= 15 is 0 Å². The Morgan fingerprint density at radius 3 is 2.71 bits per heavy atom. The molecule has 1 saturated carbocycles. The molecule has 0 radical (unpaired) electrons. The van der Waals surface area contributed by atoms with Crippen LogP contribution >= 0.6 is 12.4 Å². The van der Waals surface area contributed by atoms with E-state index < -0.39 is 0 Å². The number of nitrogens with one attached hydrogen (secondary N) is 1. The van der Waals surface area contributed by atoms with Crippen molar-refractivity contribution in [1.82, 2.24) is 19.5 Å². The standard InChI is InChI=1S/C23H31N5O2.ClH/c1-4-8-20-26-21-22(24-5-2)25-15-28(23(21)27-20)14-16-11-12-18(29-3)19(13-16)30-17-9-6-7-10-17;/h11-13,15,17H,4-10,14H2,1-3H3,(H,26,27);1H. The lowest BCUT2D eigenvalue weighted by Gasteiger charge is -2.17. The first kappa shape index (κ1) is 23.1. The van der Waals surface area contributed by atoms with Crippen LogP contribution in [-0.4, -0.2) is 39.3 Å². The maximum atomic E-state index is 6.26. The molecule has 1 aliphatic rings. The van der Waals surface area contributed by atoms with Crippen molar-refractivity contribution in [2.24, 2.45) is 4.99 Å². The fourth-order valence-electron chi connectivity index (χ4n) is 4.05. The minimum atomic E-state index is 0. The molecular formula is C23H32ClN5O2. The minimum absolute atomic E-state index is 0. The van der Waals surface area contributed by atoms with Crippen LogP contribution < -0.4 is 15.0 Å². The quantitative estimate of drug-likeness (QED) is 0.556. The molecule has 1 aromatic carbocycles. The number of hydrogen-bond acceptors (Lipinski definition) is 5. The van der Waals surface area contributed by atoms with Gasteiger partial charge in [-0.15, -0.1) is 12.4 Å². The summed E-state index contributed by atoms with van der Waals surface area (Å²) in [6.07, 6.45) is 8.75. The second kappa shape index (κ2) is 10.7. The van der Waals surface area contributed by atoms with Gasteiger partial charge in [-0.1, -0.05) is 13.0 Å². The van der Waals surface area contributed by atoms with Gasteiger partial charge >= 0.3 is 0 Å². The molecular weight excluding hydrogens is 414 g/mol. The predicted molar refractivity (Wildman–Crippen MR) is 124 cm³/mol. The number of fused-ring (bicyclic) bond motifs is 1. The molecule has 0 amide bonds. The number of imidazole rings is 1. The number of H-pyrrole nitrogens is 1. The van der Waals surface area contributed by atoms with Crippen molar-refractivity contribution in [2.45, 2.75) is 65.0 Å². The molecule has 1 N–H and O–H groups in total. The summed E-state index contributed by atoms with van der Waals surface area (Å²) in [6.45, 7) is 5.51. The molecule has 8 heteroatoms. The van der Waals surface area contributed by atoms with Crippen LogP contribution in [0, 0.1) is 0 Å². The Hall–Kier alpha value is -2.54. The highest BCUT2D eigenvalue weighted by atomic mass is 35.5. The van der Waals surface area contributed by atoms with Crippen LogP contribution in [0.5, 0.6) is 11.5 Å². The van der Waals surface area contributed by atoms with E-state index in [0.717, 1.165) is 65.2 Å². The summed E-state index contributed by atoms with van der Waals surface area (Å²) in [5, 5.41) is 0. The summed E-state index contributed by atoms with van der Waals surface area (Å²) in [7, 11) is 1.69. The highest BCUT2D eigenvalue weighted by Crippen LogP contribution is 2.32. The van der Waals surface area contributed by atoms with Crippen LogP contribution in [0.25, 0.3) is 11.2 Å². The van der Waals surface area contributed by atoms with E-state index in [1.54, 1.807) is 7.11 Å². The lowest BCUT2D eigenvalue weighted by Crippen LogP contribution is -2.15. The smallest absolute Gasteiger partial charge is 0.176 e. The molecule has 3 aromatic rings. The Balaban J connectivity index is 0.00000272. The minimum Gasteiger partial charge on any atom is -0.493 e. The first-order chi connectivity index (χ1) is 14.7. The van der Waals surface area contributed by atoms with Gasteiger partial charge in [0, 0.05) is 13.0 Å². The molecule has 168 valence electrons. The Morgan fingerprint density at radius 1 is 1.19 bits per heavy atom. The fraction of sp³-hybridized carbons (Fsp3) is 0.522. The first-order valence-electron chi connectivity index (χ1n) is 11.0. The molecule has 1 fully saturated rings. The number of aromatic amines is 1. The lowest BCUT2D eigenvalue weighted by molar-refractivity contribution is 0.200. The molecule has 2 heterocycles. The zero-order valence-corrected chi connectivity index (χ0v) is 19.4. The van der Waals surface area contributed by atoms with Gasteiger partial charge < -0.3 is 19.0 Å². The van der Waals surface area contributed by atoms with E-state index in [1.165, 1.54) is 12.8 Å². The van der Waals surface area contributed by atoms with E-state index in [2.05, 4.69) is 38.6 Å². The van der Waals surface area contributed by atoms with E-state index in [0.29, 0.717) is 13.1 Å². The summed E-state index contributed by atoms with van der Waals surface area (Å²) in [6, 6.07) is 6.14. The van der Waals surface area contributed by atoms with E-state index in [-0.39, 0.29) is 18.5 Å². The number of hydrogen-bond donors (Lipinski definition) is 1. The van der Waals surface area contributed by atoms with Crippen LogP contribution in [0.15, 0.2) is 29.5 Å². The monoisotopic (exact) mass is 445 g/mol. The van der Waals surface area contributed by atoms with Gasteiger partial charge in [0.15, 0.2) is 22.6 Å². The van der Waals surface area contributed by atoms with E-state index in [4.69, 9.17) is 14.5 Å². The molecule has 0 unspecified atom stereocenters. The van der Waals surface area contributed by atoms with Crippen molar-refractivity contribution in [3.05, 3.63) is 41.4 Å². The third-order valence-corrected chi connectivity index (χ3v) is 5.52. The van der Waals surface area contributed by atoms with Crippen molar-refractivity contribution in [2.75, 3.05) is 13.7 Å². The second-order valence-electron chi connectivity index (χ2n) is 7.81. The van der Waals surface area contributed by atoms with Gasteiger partial charge in [0.25, 0.3) is 0 Å². The van der Waals surface area contributed by atoms with Crippen molar-refractivity contribution in [1.29, 1.82) is 0 Å². The fourth-order valence-corrected chi connectivity index (χ4v) is 4.05. The van der Waals surface area contributed by atoms with Crippen molar-refractivity contribution < 1.29 is 9.47 Å². The van der Waals surface area contributed by atoms with Gasteiger partial charge in [0.05, 0.1) is 26.1 Å². The van der Waals surface area contributed by atoms with Crippen LogP contribution in [0.1, 0.15) is 57.3 Å². The Bertz CT molecular complexity index is 1070. The number of halogens is 1. The van der Waals surface area contributed by atoms with Crippen LogP contribution in [0.3, 0.4) is 0 Å². The summed E-state index contributed by atoms with van der Waals surface area (Å²) in [4.78, 5) is 17.3. The number of rotatable bonds is 8. The Morgan fingerprint density at radius 2 is 2.00 bits per heavy atom. The number of ether oxygens (including phenoxy) is 2. The van der Waals surface area contributed by atoms with Crippen LogP contribution in [-0.2, 0) is 13.0 Å². The Kier molecular flexibility index (Phi) is 7.96. The maximum absolute atomic E-state index is 6.26. The third kappa shape index (κ3) is 5.21. The Labute approximate surface area is 189 Å². The molecule has 0 atom stereocenters. The zero-order valence-electron chi connectivity index (χ0n) is 18.6. The average molecular weight is 446 g/mol. The zero-order chi connectivity index (χ0) is 20.9. The lowest BCUT2D eigenvalue weighted by atomic mass is 10.2. The molecule has 4 rings (SSSR count). The van der Waals surface area contributed by atoms with Gasteiger partial charge in [-0.25, -0.2) is 9.97 Å².